The van der Waals surface area contributed by atoms with Gasteiger partial charge in [-0.05, 0) is 0 Å². The summed E-state index contributed by atoms with van der Waals surface area (Å²) in [6.07, 6.45) is -4.26. The third-order valence-corrected chi connectivity index (χ3v) is 3.26. The van der Waals surface area contributed by atoms with Crippen LogP contribution < -0.4 is 0 Å². The third kappa shape index (κ3) is 4.83. The van der Waals surface area contributed by atoms with Crippen LogP contribution in [0.25, 0.3) is 0 Å². The Morgan fingerprint density at radius 2 is 2.11 bits per heavy atom. The second-order valence-electron chi connectivity index (χ2n) is 3.47. The highest BCUT2D eigenvalue weighted by molar-refractivity contribution is 8.13. The van der Waals surface area contributed by atoms with Gasteiger partial charge in [0.2, 0.25) is 0 Å². The minimum Gasteiger partial charge on any atom is -0.375 e. The van der Waals surface area contributed by atoms with Gasteiger partial charge < -0.3 is 4.74 Å². The molecule has 1 rings (SSSR count). The Morgan fingerprint density at radius 1 is 1.50 bits per heavy atom. The molecule has 0 amide bonds. The van der Waals surface area contributed by atoms with Crippen LogP contribution in [0.2, 0.25) is 0 Å². The van der Waals surface area contributed by atoms with Crippen LogP contribution in [-0.4, -0.2) is 31.0 Å². The molecule has 0 radical (unpaired) electrons. The monoisotopic (exact) mass is 306 g/mol. The van der Waals surface area contributed by atoms with Gasteiger partial charge in [-0.15, -0.1) is 0 Å². The molecule has 0 aliphatic rings. The van der Waals surface area contributed by atoms with Crippen molar-refractivity contribution in [2.45, 2.75) is 24.1 Å². The summed E-state index contributed by atoms with van der Waals surface area (Å²) in [5.41, 5.74) is -0.0188. The van der Waals surface area contributed by atoms with E-state index in [0.29, 0.717) is 0 Å². The van der Waals surface area contributed by atoms with Gasteiger partial charge >= 0.3 is 6.18 Å². The number of hydrogen-bond donors (Lipinski definition) is 0. The molecule has 0 saturated heterocycles. The van der Waals surface area contributed by atoms with E-state index in [1.807, 2.05) is 0 Å². The second kappa shape index (κ2) is 5.45. The molecule has 0 aromatic carbocycles. The maximum absolute atomic E-state index is 11.8. The lowest BCUT2D eigenvalue weighted by Gasteiger charge is -2.06. The number of hydrogen-bond acceptors (Lipinski definition) is 4. The highest BCUT2D eigenvalue weighted by Crippen LogP contribution is 2.21. The van der Waals surface area contributed by atoms with E-state index in [1.54, 1.807) is 0 Å². The molecule has 0 N–H and O–H groups in total. The first-order chi connectivity index (χ1) is 8.09. The van der Waals surface area contributed by atoms with E-state index in [2.05, 4.69) is 5.10 Å². The lowest BCUT2D eigenvalue weighted by atomic mass is 10.4. The zero-order valence-corrected chi connectivity index (χ0v) is 10.8. The molecule has 0 aliphatic heterocycles. The molecule has 0 bridgehead atoms. The van der Waals surface area contributed by atoms with E-state index in [0.717, 1.165) is 6.20 Å². The van der Waals surface area contributed by atoms with Crippen LogP contribution in [0.15, 0.2) is 11.1 Å². The smallest absolute Gasteiger partial charge is 0.375 e. The fraction of sp³-hybridized carbons (Fsp3) is 0.625. The van der Waals surface area contributed by atoms with Crippen LogP contribution in [0.3, 0.4) is 0 Å². The second-order valence-corrected chi connectivity index (χ2v) is 6.00. The van der Waals surface area contributed by atoms with E-state index in [-0.39, 0.29) is 17.2 Å². The Morgan fingerprint density at radius 3 is 2.61 bits per heavy atom. The molecule has 0 fully saturated rings. The largest absolute Gasteiger partial charge is 0.391 e. The standard InChI is InChI=1S/C8H10ClF3N2O3S/c1-14-4-7(18(9,15)16)6(13-14)5-17-3-2-8(10,11)12/h4H,2-3,5H2,1H3. The first kappa shape index (κ1) is 15.3. The normalized spacial score (nSPS) is 12.9. The maximum Gasteiger partial charge on any atom is 0.391 e. The van der Waals surface area contributed by atoms with Gasteiger partial charge in [0.05, 0.1) is 19.6 Å². The van der Waals surface area contributed by atoms with Crippen molar-refractivity contribution in [1.82, 2.24) is 9.78 Å². The van der Waals surface area contributed by atoms with Gasteiger partial charge in [-0.2, -0.15) is 18.3 Å². The quantitative estimate of drug-likeness (QED) is 0.615. The number of aryl methyl sites for hydroxylation is 1. The number of ether oxygens (including phenoxy) is 1. The Labute approximate surface area is 106 Å². The molecule has 5 nitrogen and oxygen atoms in total. The molecule has 0 atom stereocenters. The average molecular weight is 307 g/mol. The van der Waals surface area contributed by atoms with Crippen LogP contribution in [0, 0.1) is 0 Å². The van der Waals surface area contributed by atoms with Crippen LogP contribution in [-0.2, 0) is 27.4 Å². The summed E-state index contributed by atoms with van der Waals surface area (Å²) in [4.78, 5) is -0.265. The summed E-state index contributed by atoms with van der Waals surface area (Å²) in [5.74, 6) is 0. The molecule has 1 aromatic heterocycles. The number of alkyl halides is 3. The number of nitrogens with zero attached hydrogens (tertiary/aromatic N) is 2. The SMILES string of the molecule is Cn1cc(S(=O)(=O)Cl)c(COCCC(F)(F)F)n1. The van der Waals surface area contributed by atoms with Crippen molar-refractivity contribution in [3.05, 3.63) is 11.9 Å². The highest BCUT2D eigenvalue weighted by atomic mass is 35.7. The van der Waals surface area contributed by atoms with Crippen molar-refractivity contribution in [3.8, 4) is 0 Å². The van der Waals surface area contributed by atoms with E-state index >= 15 is 0 Å². The van der Waals surface area contributed by atoms with E-state index in [9.17, 15) is 21.6 Å². The van der Waals surface area contributed by atoms with Crippen molar-refractivity contribution >= 4 is 19.7 Å². The first-order valence-electron chi connectivity index (χ1n) is 4.71. The fourth-order valence-corrected chi connectivity index (χ4v) is 2.22. The molecule has 0 unspecified atom stereocenters. The summed E-state index contributed by atoms with van der Waals surface area (Å²) < 4.78 is 63.7. The van der Waals surface area contributed by atoms with Crippen LogP contribution >= 0.6 is 10.7 Å². The minimum atomic E-state index is -4.31. The van der Waals surface area contributed by atoms with Gasteiger partial charge in [-0.25, -0.2) is 8.42 Å². The van der Waals surface area contributed by atoms with Gasteiger partial charge in [0.15, 0.2) is 0 Å². The highest BCUT2D eigenvalue weighted by Gasteiger charge is 2.27. The van der Waals surface area contributed by atoms with E-state index in [4.69, 9.17) is 15.4 Å². The zero-order chi connectivity index (χ0) is 14.0. The summed E-state index contributed by atoms with van der Waals surface area (Å²) in [6.45, 7) is -0.917. The predicted octanol–water partition coefficient (Wildman–Crippen LogP) is 1.82. The molecular weight excluding hydrogens is 297 g/mol. The zero-order valence-electron chi connectivity index (χ0n) is 9.24. The van der Waals surface area contributed by atoms with Gasteiger partial charge in [0.25, 0.3) is 9.05 Å². The lowest BCUT2D eigenvalue weighted by molar-refractivity contribution is -0.146. The van der Waals surface area contributed by atoms with E-state index < -0.39 is 28.3 Å². The number of halogens is 4. The molecule has 0 saturated carbocycles. The average Bonchev–Trinajstić information content (AvgIpc) is 2.52. The van der Waals surface area contributed by atoms with Crippen LogP contribution in [0.5, 0.6) is 0 Å². The Hall–Kier alpha value is -0.800. The molecule has 10 heteroatoms. The van der Waals surface area contributed by atoms with Gasteiger partial charge in [-0.1, -0.05) is 0 Å². The lowest BCUT2D eigenvalue weighted by Crippen LogP contribution is -2.12. The van der Waals surface area contributed by atoms with Gasteiger partial charge in [0.1, 0.15) is 10.6 Å². The first-order valence-corrected chi connectivity index (χ1v) is 7.02. The molecular formula is C8H10ClF3N2O3S. The summed E-state index contributed by atoms with van der Waals surface area (Å²) in [6, 6.07) is 0. The molecule has 0 spiro atoms. The number of aromatic nitrogens is 2. The van der Waals surface area contributed by atoms with Crippen molar-refractivity contribution < 1.29 is 26.3 Å². The van der Waals surface area contributed by atoms with Gasteiger partial charge in [-0.3, -0.25) is 4.68 Å². The number of rotatable bonds is 5. The van der Waals surface area contributed by atoms with Crippen molar-refractivity contribution in [1.29, 1.82) is 0 Å². The molecule has 1 aromatic rings. The van der Waals surface area contributed by atoms with Crippen LogP contribution in [0.4, 0.5) is 13.2 Å². The molecule has 18 heavy (non-hydrogen) atoms. The summed E-state index contributed by atoms with van der Waals surface area (Å²) >= 11 is 0. The Bertz CT molecular complexity index is 512. The van der Waals surface area contributed by atoms with Crippen LogP contribution in [0.1, 0.15) is 12.1 Å². The molecule has 104 valence electrons. The van der Waals surface area contributed by atoms with Crippen molar-refractivity contribution in [2.75, 3.05) is 6.61 Å². The fourth-order valence-electron chi connectivity index (χ4n) is 1.17. The van der Waals surface area contributed by atoms with E-state index in [1.165, 1.54) is 11.7 Å². The minimum absolute atomic E-state index is 0.0188. The maximum atomic E-state index is 11.8. The Kier molecular flexibility index (Phi) is 4.62. The topological polar surface area (TPSA) is 61.2 Å². The Balaban J connectivity index is 2.63. The van der Waals surface area contributed by atoms with Crippen molar-refractivity contribution in [2.24, 2.45) is 7.05 Å². The summed E-state index contributed by atoms with van der Waals surface area (Å²) in [5, 5.41) is 3.76. The van der Waals surface area contributed by atoms with Crippen molar-refractivity contribution in [3.63, 3.8) is 0 Å². The third-order valence-electron chi connectivity index (χ3n) is 1.90. The molecule has 1 heterocycles. The van der Waals surface area contributed by atoms with Gasteiger partial charge in [0, 0.05) is 23.9 Å². The predicted molar refractivity (Wildman–Crippen MR) is 56.6 cm³/mol. The summed E-state index contributed by atoms with van der Waals surface area (Å²) in [7, 11) is 2.62. The molecule has 0 aliphatic carbocycles.